The SMILES string of the molecule is O=C1CN(C2CCC(C(F)F)CC2)C(=O)C2(CNC2OC(=O)C(F)(F)F)N1Cc1ccc(C(F)(F)F)cc1. The number of carbonyl (C=O) groups is 3. The van der Waals surface area contributed by atoms with E-state index in [9.17, 15) is 49.5 Å². The van der Waals surface area contributed by atoms with Crippen molar-refractivity contribution in [3.8, 4) is 0 Å². The molecule has 2 heterocycles. The Morgan fingerprint density at radius 1 is 1.03 bits per heavy atom. The molecule has 0 bridgehead atoms. The molecule has 3 fully saturated rings. The second kappa shape index (κ2) is 9.97. The van der Waals surface area contributed by atoms with E-state index in [1.807, 2.05) is 0 Å². The molecule has 0 radical (unpaired) electrons. The topological polar surface area (TPSA) is 79.0 Å². The van der Waals surface area contributed by atoms with Crippen molar-refractivity contribution >= 4 is 17.8 Å². The maximum Gasteiger partial charge on any atom is 0.490 e. The largest absolute Gasteiger partial charge is 0.490 e. The number of hydrogen-bond acceptors (Lipinski definition) is 5. The standard InChI is InChI=1S/C23H23F8N3O4/c24-17(25)13-3-7-15(8-4-13)33-10-16(35)34(9-12-1-5-14(6-2-12)22(26,27)28)21(19(33)36)11-32-18(21)38-20(37)23(29,30)31/h1-2,5-6,13,15,17-18,32H,3-4,7-11H2. The molecule has 7 nitrogen and oxygen atoms in total. The fourth-order valence-electron chi connectivity index (χ4n) is 5.18. The van der Waals surface area contributed by atoms with E-state index in [1.54, 1.807) is 0 Å². The van der Waals surface area contributed by atoms with Gasteiger partial charge in [0.15, 0.2) is 11.8 Å². The number of nitrogens with zero attached hydrogens (tertiary/aromatic N) is 2. The number of ether oxygens (including phenoxy) is 1. The highest BCUT2D eigenvalue weighted by molar-refractivity contribution is 6.00. The van der Waals surface area contributed by atoms with E-state index in [0.29, 0.717) is 0 Å². The van der Waals surface area contributed by atoms with Crippen molar-refractivity contribution in [3.63, 3.8) is 0 Å². The van der Waals surface area contributed by atoms with Crippen molar-refractivity contribution in [3.05, 3.63) is 35.4 Å². The molecule has 1 aromatic carbocycles. The summed E-state index contributed by atoms with van der Waals surface area (Å²) in [6, 6.07) is 3.01. The van der Waals surface area contributed by atoms with Crippen LogP contribution >= 0.6 is 0 Å². The molecule has 2 aliphatic heterocycles. The molecule has 1 saturated carbocycles. The third-order valence-electron chi connectivity index (χ3n) is 7.33. The summed E-state index contributed by atoms with van der Waals surface area (Å²) in [5, 5.41) is 2.42. The monoisotopic (exact) mass is 557 g/mol. The smallest absolute Gasteiger partial charge is 0.437 e. The Balaban J connectivity index is 1.62. The Morgan fingerprint density at radius 2 is 1.63 bits per heavy atom. The lowest BCUT2D eigenvalue weighted by molar-refractivity contribution is -0.229. The highest BCUT2D eigenvalue weighted by Gasteiger charge is 2.66. The summed E-state index contributed by atoms with van der Waals surface area (Å²) < 4.78 is 108. The molecule has 210 valence electrons. The van der Waals surface area contributed by atoms with Crippen LogP contribution in [0, 0.1) is 5.92 Å². The first-order valence-electron chi connectivity index (χ1n) is 11.7. The van der Waals surface area contributed by atoms with Crippen LogP contribution in [0.4, 0.5) is 35.1 Å². The number of amides is 2. The number of hydrogen-bond donors (Lipinski definition) is 1. The maximum absolute atomic E-state index is 13.7. The maximum atomic E-state index is 13.7. The van der Waals surface area contributed by atoms with Gasteiger partial charge in [0.25, 0.3) is 5.91 Å². The summed E-state index contributed by atoms with van der Waals surface area (Å²) in [6.45, 7) is -1.35. The molecule has 1 aromatic rings. The van der Waals surface area contributed by atoms with E-state index in [4.69, 9.17) is 0 Å². The second-order valence-electron chi connectivity index (χ2n) is 9.60. The third kappa shape index (κ3) is 5.16. The fourth-order valence-corrected chi connectivity index (χ4v) is 5.18. The molecule has 1 N–H and O–H groups in total. The van der Waals surface area contributed by atoms with Gasteiger partial charge in [-0.3, -0.25) is 14.9 Å². The van der Waals surface area contributed by atoms with Crippen LogP contribution in [0.5, 0.6) is 0 Å². The zero-order chi connectivity index (χ0) is 28.0. The predicted octanol–water partition coefficient (Wildman–Crippen LogP) is 3.47. The van der Waals surface area contributed by atoms with Crippen LogP contribution in [0.2, 0.25) is 0 Å². The Bertz CT molecular complexity index is 1070. The first-order chi connectivity index (χ1) is 17.6. The van der Waals surface area contributed by atoms with Crippen LogP contribution in [-0.4, -0.2) is 71.1 Å². The number of nitrogens with one attached hydrogen (secondary N) is 1. The third-order valence-corrected chi connectivity index (χ3v) is 7.33. The van der Waals surface area contributed by atoms with Crippen molar-refractivity contribution in [2.24, 2.45) is 5.92 Å². The van der Waals surface area contributed by atoms with E-state index in [1.165, 1.54) is 0 Å². The van der Waals surface area contributed by atoms with Crippen molar-refractivity contribution in [2.45, 2.75) is 68.8 Å². The van der Waals surface area contributed by atoms with Crippen molar-refractivity contribution in [2.75, 3.05) is 13.1 Å². The van der Waals surface area contributed by atoms with Crippen LogP contribution in [0.15, 0.2) is 24.3 Å². The van der Waals surface area contributed by atoms with E-state index in [2.05, 4.69) is 10.1 Å². The molecule has 4 rings (SSSR count). The van der Waals surface area contributed by atoms with Gasteiger partial charge in [0.2, 0.25) is 12.3 Å². The summed E-state index contributed by atoms with van der Waals surface area (Å²) in [6.07, 6.45) is -14.0. The number of rotatable bonds is 5. The van der Waals surface area contributed by atoms with Gasteiger partial charge in [0.05, 0.1) is 5.56 Å². The number of alkyl halides is 8. The molecule has 2 unspecified atom stereocenters. The van der Waals surface area contributed by atoms with Gasteiger partial charge >= 0.3 is 18.3 Å². The number of esters is 1. The predicted molar refractivity (Wildman–Crippen MR) is 112 cm³/mol. The molecule has 2 amide bonds. The highest BCUT2D eigenvalue weighted by atomic mass is 19.4. The molecular formula is C23H23F8N3O4. The highest BCUT2D eigenvalue weighted by Crippen LogP contribution is 2.40. The zero-order valence-electron chi connectivity index (χ0n) is 19.6. The summed E-state index contributed by atoms with van der Waals surface area (Å²) >= 11 is 0. The normalized spacial score (nSPS) is 28.6. The van der Waals surface area contributed by atoms with Gasteiger partial charge in [-0.25, -0.2) is 13.6 Å². The quantitative estimate of drug-likeness (QED) is 0.443. The van der Waals surface area contributed by atoms with Gasteiger partial charge in [0.1, 0.15) is 6.54 Å². The molecule has 1 aliphatic carbocycles. The zero-order valence-corrected chi connectivity index (χ0v) is 19.6. The molecule has 15 heteroatoms. The first-order valence-corrected chi connectivity index (χ1v) is 11.7. The van der Waals surface area contributed by atoms with Crippen LogP contribution in [0.3, 0.4) is 0 Å². The van der Waals surface area contributed by atoms with Crippen LogP contribution in [-0.2, 0) is 31.8 Å². The van der Waals surface area contributed by atoms with Crippen molar-refractivity contribution < 1.29 is 54.2 Å². The molecule has 38 heavy (non-hydrogen) atoms. The molecule has 2 atom stereocenters. The lowest BCUT2D eigenvalue weighted by Crippen LogP contribution is -2.85. The Labute approximate surface area is 211 Å². The minimum atomic E-state index is -5.40. The Hall–Kier alpha value is -2.97. The number of carbonyl (C=O) groups excluding carboxylic acids is 3. The average Bonchev–Trinajstić information content (AvgIpc) is 2.83. The lowest BCUT2D eigenvalue weighted by atomic mass is 9.80. The molecular weight excluding hydrogens is 534 g/mol. The van der Waals surface area contributed by atoms with Gasteiger partial charge in [-0.1, -0.05) is 12.1 Å². The fraction of sp³-hybridized carbons (Fsp3) is 0.609. The molecule has 2 saturated heterocycles. The second-order valence-corrected chi connectivity index (χ2v) is 9.60. The summed E-state index contributed by atoms with van der Waals surface area (Å²) in [4.78, 5) is 40.6. The molecule has 3 aliphatic rings. The van der Waals surface area contributed by atoms with Crippen molar-refractivity contribution in [1.29, 1.82) is 0 Å². The Kier molecular flexibility index (Phi) is 7.36. The van der Waals surface area contributed by atoms with Gasteiger partial charge in [0, 0.05) is 25.0 Å². The average molecular weight is 557 g/mol. The number of halogens is 8. The van der Waals surface area contributed by atoms with E-state index in [0.717, 1.165) is 34.1 Å². The minimum absolute atomic E-state index is 0.0767. The summed E-state index contributed by atoms with van der Waals surface area (Å²) in [5.41, 5.74) is -2.92. The Morgan fingerprint density at radius 3 is 2.11 bits per heavy atom. The van der Waals surface area contributed by atoms with E-state index >= 15 is 0 Å². The number of benzene rings is 1. The number of piperazine rings is 1. The van der Waals surface area contributed by atoms with Gasteiger partial charge < -0.3 is 14.5 Å². The van der Waals surface area contributed by atoms with Gasteiger partial charge in [-0.05, 0) is 43.4 Å². The first kappa shape index (κ1) is 28.0. The molecule has 1 spiro atoms. The van der Waals surface area contributed by atoms with Crippen LogP contribution in [0.25, 0.3) is 0 Å². The van der Waals surface area contributed by atoms with Gasteiger partial charge in [-0.15, -0.1) is 0 Å². The van der Waals surface area contributed by atoms with E-state index in [-0.39, 0.29) is 31.2 Å². The minimum Gasteiger partial charge on any atom is -0.437 e. The van der Waals surface area contributed by atoms with Crippen molar-refractivity contribution in [1.82, 2.24) is 15.1 Å². The van der Waals surface area contributed by atoms with Crippen LogP contribution < -0.4 is 5.32 Å². The molecule has 0 aromatic heterocycles. The summed E-state index contributed by atoms with van der Waals surface area (Å²) in [5.74, 6) is -5.05. The van der Waals surface area contributed by atoms with Gasteiger partial charge in [-0.2, -0.15) is 26.3 Å². The van der Waals surface area contributed by atoms with Crippen LogP contribution in [0.1, 0.15) is 36.8 Å². The summed E-state index contributed by atoms with van der Waals surface area (Å²) in [7, 11) is 0. The lowest BCUT2D eigenvalue weighted by Gasteiger charge is -2.58. The van der Waals surface area contributed by atoms with E-state index < -0.39 is 85.5 Å².